The first kappa shape index (κ1) is 15.2. The lowest BCUT2D eigenvalue weighted by molar-refractivity contribution is -0.115. The second-order valence-corrected chi connectivity index (χ2v) is 7.06. The summed E-state index contributed by atoms with van der Waals surface area (Å²) >= 11 is 4.70. The third-order valence-corrected chi connectivity index (χ3v) is 4.84. The van der Waals surface area contributed by atoms with Crippen LogP contribution in [0.4, 0.5) is 5.95 Å². The van der Waals surface area contributed by atoms with Crippen LogP contribution in [0.15, 0.2) is 62.9 Å². The van der Waals surface area contributed by atoms with E-state index >= 15 is 0 Å². The molecule has 0 radical (unpaired) electrons. The molecule has 4 rings (SSSR count). The normalized spacial score (nSPS) is 17.8. The highest BCUT2D eigenvalue weighted by Gasteiger charge is 2.24. The fourth-order valence-electron chi connectivity index (χ4n) is 2.28. The zero-order valence-electron chi connectivity index (χ0n) is 12.3. The minimum atomic E-state index is -0.155. The van der Waals surface area contributed by atoms with Gasteiger partial charge in [-0.1, -0.05) is 40.2 Å². The molecule has 118 valence electrons. The summed E-state index contributed by atoms with van der Waals surface area (Å²) < 4.78 is 1.00. The number of aliphatic imine (C=N–C) groups is 1. The Labute approximate surface area is 150 Å². The van der Waals surface area contributed by atoms with E-state index in [1.165, 1.54) is 11.8 Å². The van der Waals surface area contributed by atoms with Crippen molar-refractivity contribution in [1.82, 2.24) is 15.3 Å². The molecule has 0 saturated carbocycles. The molecule has 1 saturated heterocycles. The van der Waals surface area contributed by atoms with Crippen LogP contribution in [-0.4, -0.2) is 21.0 Å². The van der Waals surface area contributed by atoms with Crippen LogP contribution in [0, 0.1) is 0 Å². The molecule has 2 aromatic carbocycles. The van der Waals surface area contributed by atoms with Gasteiger partial charge >= 0.3 is 0 Å². The molecule has 0 bridgehead atoms. The van der Waals surface area contributed by atoms with E-state index in [0.717, 1.165) is 21.1 Å². The van der Waals surface area contributed by atoms with Crippen molar-refractivity contribution >= 4 is 61.8 Å². The maximum Gasteiger partial charge on any atom is 0.264 e. The number of amides is 1. The number of benzene rings is 2. The lowest BCUT2D eigenvalue weighted by Crippen LogP contribution is -2.19. The average molecular weight is 399 g/mol. The van der Waals surface area contributed by atoms with Gasteiger partial charge in [0.25, 0.3) is 5.91 Å². The quantitative estimate of drug-likeness (QED) is 0.634. The van der Waals surface area contributed by atoms with Gasteiger partial charge in [-0.2, -0.15) is 4.99 Å². The SMILES string of the molecule is O=C1N/C(=N/c2nc3ccccc3[nH]2)S/C1=C\c1ccc(Br)cc1. The number of nitrogens with zero attached hydrogens (tertiary/aromatic N) is 2. The molecule has 7 heteroatoms. The number of fused-ring (bicyclic) bond motifs is 1. The highest BCUT2D eigenvalue weighted by atomic mass is 79.9. The fraction of sp³-hybridized carbons (Fsp3) is 0. The number of aromatic amines is 1. The maximum absolute atomic E-state index is 12.1. The molecule has 1 fully saturated rings. The van der Waals surface area contributed by atoms with Gasteiger partial charge in [-0.3, -0.25) is 4.79 Å². The molecule has 0 atom stereocenters. The number of H-pyrrole nitrogens is 1. The molecule has 1 aromatic heterocycles. The van der Waals surface area contributed by atoms with Crippen LogP contribution in [0.5, 0.6) is 0 Å². The second kappa shape index (κ2) is 6.26. The number of aromatic nitrogens is 2. The summed E-state index contributed by atoms with van der Waals surface area (Å²) in [6.45, 7) is 0. The molecule has 1 aliphatic heterocycles. The van der Waals surface area contributed by atoms with Crippen LogP contribution in [0.3, 0.4) is 0 Å². The Kier molecular flexibility index (Phi) is 3.95. The first-order valence-corrected chi connectivity index (χ1v) is 8.78. The summed E-state index contributed by atoms with van der Waals surface area (Å²) in [6, 6.07) is 15.5. The number of hydrogen-bond donors (Lipinski definition) is 2. The van der Waals surface area contributed by atoms with Crippen LogP contribution in [0.1, 0.15) is 5.56 Å². The Bertz CT molecular complexity index is 958. The molecule has 0 aliphatic carbocycles. The van der Waals surface area contributed by atoms with Gasteiger partial charge in [0, 0.05) is 4.47 Å². The van der Waals surface area contributed by atoms with Crippen LogP contribution in [0.25, 0.3) is 17.1 Å². The number of hydrogen-bond acceptors (Lipinski definition) is 4. The largest absolute Gasteiger partial charge is 0.322 e. The van der Waals surface area contributed by atoms with E-state index in [2.05, 4.69) is 36.2 Å². The summed E-state index contributed by atoms with van der Waals surface area (Å²) in [5.41, 5.74) is 2.72. The molecular weight excluding hydrogens is 388 g/mol. The van der Waals surface area contributed by atoms with E-state index in [-0.39, 0.29) is 5.91 Å². The zero-order chi connectivity index (χ0) is 16.5. The van der Waals surface area contributed by atoms with Gasteiger partial charge in [-0.15, -0.1) is 0 Å². The Morgan fingerprint density at radius 1 is 1.12 bits per heavy atom. The molecule has 24 heavy (non-hydrogen) atoms. The molecule has 1 amide bonds. The van der Waals surface area contributed by atoms with Gasteiger partial charge < -0.3 is 10.3 Å². The molecule has 0 spiro atoms. The van der Waals surface area contributed by atoms with Crippen molar-refractivity contribution in [2.45, 2.75) is 0 Å². The molecule has 2 heterocycles. The molecule has 0 unspecified atom stereocenters. The molecule has 1 aliphatic rings. The number of imidazole rings is 1. The topological polar surface area (TPSA) is 70.1 Å². The van der Waals surface area contributed by atoms with Crippen molar-refractivity contribution in [3.05, 3.63) is 63.5 Å². The summed E-state index contributed by atoms with van der Waals surface area (Å²) in [4.78, 5) is 24.6. The van der Waals surface area contributed by atoms with Gasteiger partial charge in [-0.25, -0.2) is 4.98 Å². The standard InChI is InChI=1S/C17H11BrN4OS/c18-11-7-5-10(6-8-11)9-14-15(23)21-17(24-14)22-16-19-12-3-1-2-4-13(12)20-16/h1-9H,(H2,19,20,21,22,23)/b14-9-. The number of nitrogens with one attached hydrogen (secondary N) is 2. The summed E-state index contributed by atoms with van der Waals surface area (Å²) in [6.07, 6.45) is 1.84. The fourth-order valence-corrected chi connectivity index (χ4v) is 3.37. The Hall–Kier alpha value is -2.38. The minimum Gasteiger partial charge on any atom is -0.322 e. The molecular formula is C17H11BrN4OS. The molecule has 3 aromatic rings. The van der Waals surface area contributed by atoms with E-state index in [9.17, 15) is 4.79 Å². The number of thioether (sulfide) groups is 1. The van der Waals surface area contributed by atoms with Crippen molar-refractivity contribution in [1.29, 1.82) is 0 Å². The van der Waals surface area contributed by atoms with Crippen molar-refractivity contribution in [2.75, 3.05) is 0 Å². The van der Waals surface area contributed by atoms with Crippen molar-refractivity contribution < 1.29 is 4.79 Å². The number of carbonyl (C=O) groups is 1. The summed E-state index contributed by atoms with van der Waals surface area (Å²) in [5.74, 6) is 0.321. The van der Waals surface area contributed by atoms with Crippen LogP contribution < -0.4 is 5.32 Å². The van der Waals surface area contributed by atoms with E-state index < -0.39 is 0 Å². The smallest absolute Gasteiger partial charge is 0.264 e. The third kappa shape index (κ3) is 3.13. The zero-order valence-corrected chi connectivity index (χ0v) is 14.7. The number of carbonyl (C=O) groups excluding carboxylic acids is 1. The van der Waals surface area contributed by atoms with Crippen LogP contribution in [-0.2, 0) is 4.79 Å². The van der Waals surface area contributed by atoms with Gasteiger partial charge in [0.1, 0.15) is 0 Å². The van der Waals surface area contributed by atoms with Crippen molar-refractivity contribution in [2.24, 2.45) is 4.99 Å². The maximum atomic E-state index is 12.1. The number of rotatable bonds is 2. The van der Waals surface area contributed by atoms with E-state index in [1.807, 2.05) is 54.6 Å². The van der Waals surface area contributed by atoms with Gasteiger partial charge in [0.05, 0.1) is 15.9 Å². The van der Waals surface area contributed by atoms with Gasteiger partial charge in [0.2, 0.25) is 5.95 Å². The first-order chi connectivity index (χ1) is 11.7. The predicted molar refractivity (Wildman–Crippen MR) is 101 cm³/mol. The predicted octanol–water partition coefficient (Wildman–Crippen LogP) is 4.22. The summed E-state index contributed by atoms with van der Waals surface area (Å²) in [7, 11) is 0. The highest BCUT2D eigenvalue weighted by Crippen LogP contribution is 2.28. The number of para-hydroxylation sites is 2. The van der Waals surface area contributed by atoms with Gasteiger partial charge in [0.15, 0.2) is 5.17 Å². The number of halogens is 1. The minimum absolute atomic E-state index is 0.155. The monoisotopic (exact) mass is 398 g/mol. The highest BCUT2D eigenvalue weighted by molar-refractivity contribution is 9.10. The van der Waals surface area contributed by atoms with Gasteiger partial charge in [-0.05, 0) is 47.7 Å². The first-order valence-electron chi connectivity index (χ1n) is 7.17. The lowest BCUT2D eigenvalue weighted by Gasteiger charge is -1.95. The summed E-state index contributed by atoms with van der Waals surface area (Å²) in [5, 5.41) is 3.28. The van der Waals surface area contributed by atoms with E-state index in [0.29, 0.717) is 16.0 Å². The Morgan fingerprint density at radius 2 is 1.92 bits per heavy atom. The third-order valence-electron chi connectivity index (χ3n) is 3.40. The molecule has 5 nitrogen and oxygen atoms in total. The van der Waals surface area contributed by atoms with Crippen LogP contribution in [0.2, 0.25) is 0 Å². The average Bonchev–Trinajstić information content (AvgIpc) is 3.12. The number of amidine groups is 1. The molecule has 2 N–H and O–H groups in total. The Balaban J connectivity index is 1.60. The van der Waals surface area contributed by atoms with E-state index in [4.69, 9.17) is 0 Å². The van der Waals surface area contributed by atoms with Crippen LogP contribution >= 0.6 is 27.7 Å². The second-order valence-electron chi connectivity index (χ2n) is 5.11. The van der Waals surface area contributed by atoms with E-state index in [1.54, 1.807) is 0 Å². The Morgan fingerprint density at radius 3 is 2.71 bits per heavy atom. The van der Waals surface area contributed by atoms with Crippen molar-refractivity contribution in [3.63, 3.8) is 0 Å². The van der Waals surface area contributed by atoms with Crippen molar-refractivity contribution in [3.8, 4) is 0 Å². The lowest BCUT2D eigenvalue weighted by atomic mass is 10.2.